The van der Waals surface area contributed by atoms with Crippen molar-refractivity contribution in [2.24, 2.45) is 11.3 Å². The van der Waals surface area contributed by atoms with Crippen LogP contribution < -0.4 is 10.8 Å². The topological polar surface area (TPSA) is 78.4 Å². The lowest BCUT2D eigenvalue weighted by atomic mass is 9.82. The molecule has 1 aromatic rings. The van der Waals surface area contributed by atoms with Gasteiger partial charge in [0.05, 0.1) is 6.04 Å². The van der Waals surface area contributed by atoms with Gasteiger partial charge in [0.25, 0.3) is 5.91 Å². The van der Waals surface area contributed by atoms with Crippen molar-refractivity contribution in [1.29, 1.82) is 0 Å². The van der Waals surface area contributed by atoms with Gasteiger partial charge in [-0.2, -0.15) is 0 Å². The average molecular weight is 332 g/mol. The second-order valence-electron chi connectivity index (χ2n) is 7.78. The summed E-state index contributed by atoms with van der Waals surface area (Å²) in [6.45, 7) is 6.26. The predicted octanol–water partition coefficient (Wildman–Crippen LogP) is 3.59. The van der Waals surface area contributed by atoms with Crippen LogP contribution in [-0.2, 0) is 4.79 Å². The van der Waals surface area contributed by atoms with Gasteiger partial charge < -0.3 is 5.32 Å². The van der Waals surface area contributed by atoms with E-state index >= 15 is 0 Å². The Balaban J connectivity index is 2.10. The van der Waals surface area contributed by atoms with Crippen molar-refractivity contribution in [2.75, 3.05) is 0 Å². The van der Waals surface area contributed by atoms with Crippen LogP contribution in [0.25, 0.3) is 0 Å². The molecule has 3 N–H and O–H groups in total. The van der Waals surface area contributed by atoms with Crippen molar-refractivity contribution in [1.82, 2.24) is 10.8 Å². The highest BCUT2D eigenvalue weighted by Crippen LogP contribution is 2.34. The van der Waals surface area contributed by atoms with E-state index in [4.69, 9.17) is 5.21 Å². The molecule has 1 fully saturated rings. The number of carbonyl (C=O) groups is 2. The zero-order chi connectivity index (χ0) is 17.7. The van der Waals surface area contributed by atoms with Gasteiger partial charge in [-0.3, -0.25) is 14.8 Å². The molecule has 1 saturated carbocycles. The molecule has 132 valence electrons. The van der Waals surface area contributed by atoms with Crippen molar-refractivity contribution < 1.29 is 14.8 Å². The van der Waals surface area contributed by atoms with E-state index in [1.807, 2.05) is 12.1 Å². The van der Waals surface area contributed by atoms with Crippen LogP contribution in [0.5, 0.6) is 0 Å². The van der Waals surface area contributed by atoms with Gasteiger partial charge in [-0.25, -0.2) is 5.48 Å². The molecule has 0 bridgehead atoms. The Labute approximate surface area is 143 Å². The smallest absolute Gasteiger partial charge is 0.274 e. The minimum Gasteiger partial charge on any atom is -0.349 e. The summed E-state index contributed by atoms with van der Waals surface area (Å²) in [5.41, 5.74) is 2.81. The van der Waals surface area contributed by atoms with E-state index in [0.717, 1.165) is 18.4 Å². The largest absolute Gasteiger partial charge is 0.349 e. The van der Waals surface area contributed by atoms with Crippen LogP contribution in [0.3, 0.4) is 0 Å². The molecule has 2 rings (SSSR count). The lowest BCUT2D eigenvalue weighted by Gasteiger charge is -2.32. The van der Waals surface area contributed by atoms with E-state index in [1.165, 1.54) is 12.8 Å². The van der Waals surface area contributed by atoms with Crippen LogP contribution >= 0.6 is 0 Å². The maximum absolute atomic E-state index is 12.4. The molecule has 0 unspecified atom stereocenters. The highest BCUT2D eigenvalue weighted by atomic mass is 16.5. The summed E-state index contributed by atoms with van der Waals surface area (Å²) < 4.78 is 0. The van der Waals surface area contributed by atoms with Crippen molar-refractivity contribution in [3.8, 4) is 0 Å². The maximum Gasteiger partial charge on any atom is 0.274 e. The summed E-state index contributed by atoms with van der Waals surface area (Å²) in [6, 6.07) is 6.84. The van der Waals surface area contributed by atoms with E-state index in [-0.39, 0.29) is 17.4 Å². The first-order valence-corrected chi connectivity index (χ1v) is 8.65. The lowest BCUT2D eigenvalue weighted by Crippen LogP contribution is -2.37. The van der Waals surface area contributed by atoms with Crippen LogP contribution in [0.1, 0.15) is 74.8 Å². The highest BCUT2D eigenvalue weighted by molar-refractivity contribution is 5.93. The fourth-order valence-electron chi connectivity index (χ4n) is 3.39. The van der Waals surface area contributed by atoms with E-state index in [9.17, 15) is 9.59 Å². The molecule has 0 saturated heterocycles. The zero-order valence-corrected chi connectivity index (χ0v) is 14.8. The number of hydrogen-bond acceptors (Lipinski definition) is 3. The average Bonchev–Trinajstić information content (AvgIpc) is 3.04. The summed E-state index contributed by atoms with van der Waals surface area (Å²) in [5, 5.41) is 11.9. The molecular formula is C19H28N2O3. The summed E-state index contributed by atoms with van der Waals surface area (Å²) in [6.07, 6.45) is 5.36. The van der Waals surface area contributed by atoms with Crippen molar-refractivity contribution in [3.05, 3.63) is 35.4 Å². The summed E-state index contributed by atoms with van der Waals surface area (Å²) in [5.74, 6) is 0.0689. The molecule has 2 amide bonds. The second-order valence-corrected chi connectivity index (χ2v) is 7.78. The fraction of sp³-hybridized carbons (Fsp3) is 0.579. The molecule has 5 heteroatoms. The van der Waals surface area contributed by atoms with Crippen molar-refractivity contribution in [3.63, 3.8) is 0 Å². The molecule has 0 heterocycles. The number of benzene rings is 1. The SMILES string of the molecule is CC(C)(C)[C@H](NC(=O)CC1CCCC1)c1ccc(C(=O)NO)cc1. The molecule has 0 aliphatic heterocycles. The Morgan fingerprint density at radius 1 is 1.17 bits per heavy atom. The van der Waals surface area contributed by atoms with E-state index < -0.39 is 5.91 Å². The van der Waals surface area contributed by atoms with Gasteiger partial charge >= 0.3 is 0 Å². The Kier molecular flexibility index (Phi) is 5.99. The molecule has 5 nitrogen and oxygen atoms in total. The standard InChI is InChI=1S/C19H28N2O3/c1-19(2,3)17(20-16(22)12-13-6-4-5-7-13)14-8-10-15(11-9-14)18(23)21-24/h8-11,13,17,24H,4-7,12H2,1-3H3,(H,20,22)(H,21,23)/t17-/m1/s1. The lowest BCUT2D eigenvalue weighted by molar-refractivity contribution is -0.123. The van der Waals surface area contributed by atoms with E-state index in [2.05, 4.69) is 26.1 Å². The Bertz CT molecular complexity index is 569. The third-order valence-electron chi connectivity index (χ3n) is 4.73. The number of carbonyl (C=O) groups excluding carboxylic acids is 2. The minimum atomic E-state index is -0.542. The zero-order valence-electron chi connectivity index (χ0n) is 14.8. The van der Waals surface area contributed by atoms with Gasteiger partial charge in [0.1, 0.15) is 0 Å². The number of rotatable bonds is 5. The van der Waals surface area contributed by atoms with Crippen LogP contribution in [0.15, 0.2) is 24.3 Å². The number of amides is 2. The number of hydroxylamine groups is 1. The summed E-state index contributed by atoms with van der Waals surface area (Å²) in [7, 11) is 0. The number of hydrogen-bond donors (Lipinski definition) is 3. The van der Waals surface area contributed by atoms with Gasteiger partial charge in [0, 0.05) is 12.0 Å². The fourth-order valence-corrected chi connectivity index (χ4v) is 3.39. The molecule has 1 aliphatic carbocycles. The van der Waals surface area contributed by atoms with Gasteiger partial charge in [-0.15, -0.1) is 0 Å². The first-order chi connectivity index (χ1) is 11.3. The maximum atomic E-state index is 12.4. The molecule has 1 aromatic carbocycles. The molecule has 24 heavy (non-hydrogen) atoms. The van der Waals surface area contributed by atoms with Crippen molar-refractivity contribution in [2.45, 2.75) is 58.9 Å². The Morgan fingerprint density at radius 2 is 1.75 bits per heavy atom. The van der Waals surface area contributed by atoms with Gasteiger partial charge in [-0.05, 0) is 41.9 Å². The molecule has 0 aromatic heterocycles. The quantitative estimate of drug-likeness (QED) is 0.569. The third-order valence-corrected chi connectivity index (χ3v) is 4.73. The van der Waals surface area contributed by atoms with E-state index in [0.29, 0.717) is 17.9 Å². The van der Waals surface area contributed by atoms with E-state index in [1.54, 1.807) is 17.6 Å². The molecule has 0 radical (unpaired) electrons. The number of nitrogens with one attached hydrogen (secondary N) is 2. The normalized spacial score (nSPS) is 16.7. The van der Waals surface area contributed by atoms with Crippen LogP contribution in [-0.4, -0.2) is 17.0 Å². The van der Waals surface area contributed by atoms with Crippen molar-refractivity contribution >= 4 is 11.8 Å². The third kappa shape index (κ3) is 4.81. The first-order valence-electron chi connectivity index (χ1n) is 8.65. The Hall–Kier alpha value is -1.88. The molecule has 1 atom stereocenters. The molecule has 0 spiro atoms. The monoisotopic (exact) mass is 332 g/mol. The molecule has 1 aliphatic rings. The van der Waals surface area contributed by atoms with Gasteiger partial charge in [-0.1, -0.05) is 45.7 Å². The van der Waals surface area contributed by atoms with Gasteiger partial charge in [0.15, 0.2) is 0 Å². The van der Waals surface area contributed by atoms with Crippen LogP contribution in [0.4, 0.5) is 0 Å². The highest BCUT2D eigenvalue weighted by Gasteiger charge is 2.29. The van der Waals surface area contributed by atoms with Crippen LogP contribution in [0.2, 0.25) is 0 Å². The van der Waals surface area contributed by atoms with Gasteiger partial charge in [0.2, 0.25) is 5.91 Å². The van der Waals surface area contributed by atoms with Crippen LogP contribution in [0, 0.1) is 11.3 Å². The Morgan fingerprint density at radius 3 is 2.25 bits per heavy atom. The molecular weight excluding hydrogens is 304 g/mol. The predicted molar refractivity (Wildman–Crippen MR) is 92.6 cm³/mol. The minimum absolute atomic E-state index is 0.0963. The summed E-state index contributed by atoms with van der Waals surface area (Å²) >= 11 is 0. The summed E-state index contributed by atoms with van der Waals surface area (Å²) in [4.78, 5) is 23.9. The first kappa shape index (κ1) is 18.5. The second kappa shape index (κ2) is 7.79.